The Balaban J connectivity index is 2.26. The van der Waals surface area contributed by atoms with Crippen LogP contribution in [0.2, 0.25) is 0 Å². The molecule has 2 aromatic rings. The van der Waals surface area contributed by atoms with Crippen LogP contribution in [0.3, 0.4) is 0 Å². The van der Waals surface area contributed by atoms with E-state index in [1.807, 2.05) is 0 Å². The maximum absolute atomic E-state index is 11.9. The second-order valence-electron chi connectivity index (χ2n) is 3.63. The van der Waals surface area contributed by atoms with E-state index in [0.29, 0.717) is 5.69 Å². The highest BCUT2D eigenvalue weighted by Crippen LogP contribution is 2.17. The van der Waals surface area contributed by atoms with Crippen molar-refractivity contribution in [3.63, 3.8) is 0 Å². The first kappa shape index (κ1) is 12.5. The Morgan fingerprint density at radius 3 is 2.53 bits per heavy atom. The van der Waals surface area contributed by atoms with E-state index in [4.69, 9.17) is 9.68 Å². The predicted molar refractivity (Wildman–Crippen MR) is 68.9 cm³/mol. The normalized spacial score (nSPS) is 11.3. The summed E-state index contributed by atoms with van der Waals surface area (Å²) in [5, 5.41) is 21.3. The third kappa shape index (κ3) is 2.82. The van der Waals surface area contributed by atoms with Crippen LogP contribution in [0.15, 0.2) is 58.7 Å². The molecular formula is C14H10N2O3. The number of nitriles is 1. The second kappa shape index (κ2) is 5.56. The summed E-state index contributed by atoms with van der Waals surface area (Å²) < 4.78 is 4.94. The van der Waals surface area contributed by atoms with Gasteiger partial charge < -0.3 is 14.8 Å². The molecule has 1 heterocycles. The van der Waals surface area contributed by atoms with Crippen LogP contribution in [0.4, 0.5) is 5.69 Å². The van der Waals surface area contributed by atoms with Gasteiger partial charge in [0.1, 0.15) is 6.07 Å². The Morgan fingerprint density at radius 2 is 1.95 bits per heavy atom. The fourth-order valence-electron chi connectivity index (χ4n) is 1.46. The van der Waals surface area contributed by atoms with Crippen LogP contribution in [0, 0.1) is 11.3 Å². The average molecular weight is 254 g/mol. The number of anilines is 1. The van der Waals surface area contributed by atoms with Crippen molar-refractivity contribution >= 4 is 17.4 Å². The lowest BCUT2D eigenvalue weighted by Crippen LogP contribution is -2.15. The van der Waals surface area contributed by atoms with E-state index < -0.39 is 17.2 Å². The van der Waals surface area contributed by atoms with E-state index in [1.165, 1.54) is 12.3 Å². The molecule has 5 heteroatoms. The summed E-state index contributed by atoms with van der Waals surface area (Å²) in [4.78, 5) is 11.9. The molecule has 1 aromatic heterocycles. The van der Waals surface area contributed by atoms with E-state index >= 15 is 0 Å². The number of nitrogens with zero attached hydrogens (tertiary/aromatic N) is 1. The fraction of sp³-hybridized carbons (Fsp3) is 0. The van der Waals surface area contributed by atoms with Gasteiger partial charge in [-0.1, -0.05) is 18.2 Å². The lowest BCUT2D eigenvalue weighted by molar-refractivity contribution is -0.112. The van der Waals surface area contributed by atoms with Gasteiger partial charge >= 0.3 is 0 Å². The zero-order chi connectivity index (χ0) is 13.7. The van der Waals surface area contributed by atoms with Crippen molar-refractivity contribution < 1.29 is 14.3 Å². The Kier molecular flexibility index (Phi) is 3.64. The number of benzene rings is 1. The number of aliphatic hydroxyl groups excluding tert-OH is 1. The van der Waals surface area contributed by atoms with Gasteiger partial charge in [0.2, 0.25) is 0 Å². The van der Waals surface area contributed by atoms with Gasteiger partial charge in [0.25, 0.3) is 5.91 Å². The summed E-state index contributed by atoms with van der Waals surface area (Å²) in [7, 11) is 0. The molecular weight excluding hydrogens is 244 g/mol. The van der Waals surface area contributed by atoms with Crippen molar-refractivity contribution in [3.8, 4) is 6.07 Å². The molecule has 0 atom stereocenters. The van der Waals surface area contributed by atoms with E-state index in [-0.39, 0.29) is 5.76 Å². The van der Waals surface area contributed by atoms with Crippen LogP contribution in [-0.4, -0.2) is 11.0 Å². The predicted octanol–water partition coefficient (Wildman–Crippen LogP) is 2.71. The van der Waals surface area contributed by atoms with E-state index in [2.05, 4.69) is 5.32 Å². The summed E-state index contributed by atoms with van der Waals surface area (Å²) in [6.45, 7) is 0. The van der Waals surface area contributed by atoms with E-state index in [9.17, 15) is 9.90 Å². The zero-order valence-corrected chi connectivity index (χ0v) is 9.83. The summed E-state index contributed by atoms with van der Waals surface area (Å²) in [6, 6.07) is 13.3. The SMILES string of the molecule is N#C/C(C(=O)Nc1ccccc1)=C(/O)c1ccco1. The van der Waals surface area contributed by atoms with Crippen LogP contribution in [0.25, 0.3) is 5.76 Å². The van der Waals surface area contributed by atoms with Crippen molar-refractivity contribution in [2.24, 2.45) is 0 Å². The molecule has 0 aliphatic rings. The van der Waals surface area contributed by atoms with Gasteiger partial charge in [-0.3, -0.25) is 4.79 Å². The lowest BCUT2D eigenvalue weighted by atomic mass is 10.2. The molecule has 0 aliphatic carbocycles. The molecule has 0 saturated carbocycles. The minimum atomic E-state index is -0.692. The molecule has 0 unspecified atom stereocenters. The highest BCUT2D eigenvalue weighted by atomic mass is 16.4. The van der Waals surface area contributed by atoms with Gasteiger partial charge in [-0.25, -0.2) is 0 Å². The van der Waals surface area contributed by atoms with Crippen molar-refractivity contribution in [1.29, 1.82) is 5.26 Å². The number of amides is 1. The minimum Gasteiger partial charge on any atom is -0.503 e. The number of carbonyl (C=O) groups excluding carboxylic acids is 1. The van der Waals surface area contributed by atoms with Gasteiger partial charge in [-0.2, -0.15) is 5.26 Å². The number of hydrogen-bond donors (Lipinski definition) is 2. The molecule has 2 N–H and O–H groups in total. The van der Waals surface area contributed by atoms with Crippen LogP contribution >= 0.6 is 0 Å². The number of furan rings is 1. The molecule has 5 nitrogen and oxygen atoms in total. The quantitative estimate of drug-likeness (QED) is 0.501. The highest BCUT2D eigenvalue weighted by molar-refractivity contribution is 6.10. The van der Waals surface area contributed by atoms with Crippen LogP contribution < -0.4 is 5.32 Å². The van der Waals surface area contributed by atoms with Crippen molar-refractivity contribution in [2.45, 2.75) is 0 Å². The first-order chi connectivity index (χ1) is 9.22. The van der Waals surface area contributed by atoms with Gasteiger partial charge in [0.05, 0.1) is 6.26 Å². The number of rotatable bonds is 3. The molecule has 2 rings (SSSR count). The maximum atomic E-state index is 11.9. The Labute approximate surface area is 109 Å². The van der Waals surface area contributed by atoms with Gasteiger partial charge in [-0.15, -0.1) is 0 Å². The Morgan fingerprint density at radius 1 is 1.21 bits per heavy atom. The first-order valence-corrected chi connectivity index (χ1v) is 5.46. The molecule has 94 valence electrons. The highest BCUT2D eigenvalue weighted by Gasteiger charge is 2.18. The Hall–Kier alpha value is -3.00. The van der Waals surface area contributed by atoms with Crippen molar-refractivity contribution in [1.82, 2.24) is 0 Å². The third-order valence-corrected chi connectivity index (χ3v) is 2.36. The molecule has 1 aromatic carbocycles. The molecule has 0 saturated heterocycles. The Bertz CT molecular complexity index is 637. The molecule has 19 heavy (non-hydrogen) atoms. The number of para-hydroxylation sites is 1. The molecule has 0 spiro atoms. The minimum absolute atomic E-state index is 0.0692. The molecule has 0 radical (unpaired) electrons. The van der Waals surface area contributed by atoms with Crippen molar-refractivity contribution in [2.75, 3.05) is 5.32 Å². The number of nitrogens with one attached hydrogen (secondary N) is 1. The number of aliphatic hydroxyl groups is 1. The third-order valence-electron chi connectivity index (χ3n) is 2.36. The smallest absolute Gasteiger partial charge is 0.270 e. The summed E-state index contributed by atoms with van der Waals surface area (Å²) in [5.41, 5.74) is 0.131. The van der Waals surface area contributed by atoms with Crippen LogP contribution in [-0.2, 0) is 4.79 Å². The summed E-state index contributed by atoms with van der Waals surface area (Å²) in [6.07, 6.45) is 1.34. The maximum Gasteiger partial charge on any atom is 0.270 e. The zero-order valence-electron chi connectivity index (χ0n) is 9.83. The lowest BCUT2D eigenvalue weighted by Gasteiger charge is -2.04. The van der Waals surface area contributed by atoms with Crippen molar-refractivity contribution in [3.05, 3.63) is 60.1 Å². The summed E-state index contributed by atoms with van der Waals surface area (Å²) in [5.74, 6) is -1.11. The topological polar surface area (TPSA) is 86.3 Å². The molecule has 0 aliphatic heterocycles. The second-order valence-corrected chi connectivity index (χ2v) is 3.63. The standard InChI is InChI=1S/C14H10N2O3/c15-9-11(13(17)12-7-4-8-19-12)14(18)16-10-5-2-1-3-6-10/h1-8,17H,(H,16,18)/b13-11-. The average Bonchev–Trinajstić information content (AvgIpc) is 2.94. The van der Waals surface area contributed by atoms with Gasteiger partial charge in [-0.05, 0) is 24.3 Å². The van der Waals surface area contributed by atoms with E-state index in [0.717, 1.165) is 0 Å². The van der Waals surface area contributed by atoms with E-state index in [1.54, 1.807) is 42.5 Å². The molecule has 1 amide bonds. The largest absolute Gasteiger partial charge is 0.503 e. The van der Waals surface area contributed by atoms with Gasteiger partial charge in [0, 0.05) is 5.69 Å². The summed E-state index contributed by atoms with van der Waals surface area (Å²) >= 11 is 0. The number of carbonyl (C=O) groups is 1. The van der Waals surface area contributed by atoms with Crippen LogP contribution in [0.5, 0.6) is 0 Å². The molecule has 0 fully saturated rings. The van der Waals surface area contributed by atoms with Gasteiger partial charge in [0.15, 0.2) is 17.1 Å². The number of hydrogen-bond acceptors (Lipinski definition) is 4. The molecule has 0 bridgehead atoms. The first-order valence-electron chi connectivity index (χ1n) is 5.46. The fourth-order valence-corrected chi connectivity index (χ4v) is 1.46. The monoisotopic (exact) mass is 254 g/mol. The van der Waals surface area contributed by atoms with Crippen LogP contribution in [0.1, 0.15) is 5.76 Å².